The fourth-order valence-corrected chi connectivity index (χ4v) is 4.80. The molecule has 0 aromatic carbocycles. The predicted molar refractivity (Wildman–Crippen MR) is 121 cm³/mol. The molecule has 4 heterocycles. The van der Waals surface area contributed by atoms with Crippen LogP contribution in [0.1, 0.15) is 29.8 Å². The Hall–Kier alpha value is -3.02. The molecule has 1 aliphatic carbocycles. The van der Waals surface area contributed by atoms with E-state index in [1.807, 2.05) is 12.1 Å². The van der Waals surface area contributed by atoms with E-state index in [9.17, 15) is 9.18 Å². The van der Waals surface area contributed by atoms with E-state index in [1.54, 1.807) is 18.5 Å². The van der Waals surface area contributed by atoms with Crippen molar-refractivity contribution in [3.05, 3.63) is 53.0 Å². The van der Waals surface area contributed by atoms with Gasteiger partial charge in [0, 0.05) is 29.2 Å². The Bertz CT molecular complexity index is 1150. The summed E-state index contributed by atoms with van der Waals surface area (Å²) in [5.74, 6) is 0.119. The average Bonchev–Trinajstić information content (AvgIpc) is 3.25. The minimum Gasteiger partial charge on any atom is -0.376 e. The number of anilines is 1. The third-order valence-electron chi connectivity index (χ3n) is 6.21. The van der Waals surface area contributed by atoms with Crippen LogP contribution in [-0.2, 0) is 21.5 Å². The molecule has 4 N–H and O–H groups in total. The van der Waals surface area contributed by atoms with Gasteiger partial charge in [-0.3, -0.25) is 9.78 Å². The van der Waals surface area contributed by atoms with Crippen LogP contribution in [0.3, 0.4) is 0 Å². The van der Waals surface area contributed by atoms with Crippen LogP contribution in [0.25, 0.3) is 10.7 Å². The topological polar surface area (TPSA) is 128 Å². The zero-order valence-corrected chi connectivity index (χ0v) is 18.7. The van der Waals surface area contributed by atoms with Crippen molar-refractivity contribution in [2.24, 2.45) is 5.73 Å². The average molecular weight is 470 g/mol. The minimum atomic E-state index is -0.928. The zero-order chi connectivity index (χ0) is 22.9. The first-order chi connectivity index (χ1) is 16.0. The summed E-state index contributed by atoms with van der Waals surface area (Å²) < 4.78 is 19.3. The molecule has 3 aromatic heterocycles. The van der Waals surface area contributed by atoms with Crippen molar-refractivity contribution in [2.45, 2.75) is 36.8 Å². The first-order valence-corrected chi connectivity index (χ1v) is 11.6. The second kappa shape index (κ2) is 8.73. The Kier molecular flexibility index (Phi) is 5.77. The largest absolute Gasteiger partial charge is 0.376 e. The lowest BCUT2D eigenvalue weighted by atomic mass is 9.66. The maximum Gasteiger partial charge on any atom is 0.245 e. The predicted octanol–water partition coefficient (Wildman–Crippen LogP) is 2.01. The number of ether oxygens (including phenoxy) is 1. The first kappa shape index (κ1) is 21.8. The SMILES string of the molecule is NC1(C(=O)NCc2cnc(-c3ccc(NCC4(c5ncccc5F)CCC4)nn3)s2)COC1. The molecule has 2 aliphatic rings. The van der Waals surface area contributed by atoms with Gasteiger partial charge in [-0.1, -0.05) is 6.42 Å². The van der Waals surface area contributed by atoms with E-state index in [2.05, 4.69) is 30.8 Å². The summed E-state index contributed by atoms with van der Waals surface area (Å²) in [6, 6.07) is 6.74. The van der Waals surface area contributed by atoms with Crippen molar-refractivity contribution in [3.8, 4) is 10.7 Å². The van der Waals surface area contributed by atoms with Crippen LogP contribution >= 0.6 is 11.3 Å². The molecule has 11 heteroatoms. The second-order valence-electron chi connectivity index (χ2n) is 8.59. The molecule has 9 nitrogen and oxygen atoms in total. The summed E-state index contributed by atoms with van der Waals surface area (Å²) in [4.78, 5) is 21.7. The molecule has 0 unspecified atom stereocenters. The summed E-state index contributed by atoms with van der Waals surface area (Å²) in [5.41, 5.74) is 5.84. The Morgan fingerprint density at radius 3 is 2.70 bits per heavy atom. The summed E-state index contributed by atoms with van der Waals surface area (Å²) in [7, 11) is 0. The van der Waals surface area contributed by atoms with Gasteiger partial charge >= 0.3 is 0 Å². The van der Waals surface area contributed by atoms with Crippen LogP contribution in [0.15, 0.2) is 36.7 Å². The number of amides is 1. The van der Waals surface area contributed by atoms with Crippen molar-refractivity contribution in [3.63, 3.8) is 0 Å². The summed E-state index contributed by atoms with van der Waals surface area (Å²) in [6.07, 6.45) is 6.16. The van der Waals surface area contributed by atoms with Crippen LogP contribution in [0.2, 0.25) is 0 Å². The lowest BCUT2D eigenvalue weighted by molar-refractivity contribution is -0.143. The van der Waals surface area contributed by atoms with E-state index >= 15 is 0 Å². The molecular formula is C22H24FN7O2S. The van der Waals surface area contributed by atoms with Crippen molar-refractivity contribution < 1.29 is 13.9 Å². The van der Waals surface area contributed by atoms with Crippen molar-refractivity contribution in [1.29, 1.82) is 0 Å². The second-order valence-corrected chi connectivity index (χ2v) is 9.70. The molecule has 0 atom stereocenters. The van der Waals surface area contributed by atoms with Crippen molar-refractivity contribution >= 4 is 23.1 Å². The van der Waals surface area contributed by atoms with Gasteiger partial charge in [-0.25, -0.2) is 9.37 Å². The summed E-state index contributed by atoms with van der Waals surface area (Å²) in [6.45, 7) is 1.36. The molecule has 172 valence electrons. The van der Waals surface area contributed by atoms with Gasteiger partial charge in [-0.2, -0.15) is 0 Å². The van der Waals surface area contributed by atoms with Gasteiger partial charge in [0.2, 0.25) is 5.91 Å². The van der Waals surface area contributed by atoms with E-state index < -0.39 is 5.54 Å². The first-order valence-electron chi connectivity index (χ1n) is 10.8. The molecule has 5 rings (SSSR count). The van der Waals surface area contributed by atoms with Gasteiger partial charge in [0.25, 0.3) is 0 Å². The molecule has 1 aliphatic heterocycles. The molecule has 3 aromatic rings. The number of nitrogens with one attached hydrogen (secondary N) is 2. The smallest absolute Gasteiger partial charge is 0.245 e. The zero-order valence-electron chi connectivity index (χ0n) is 17.9. The number of hydrogen-bond donors (Lipinski definition) is 3. The highest BCUT2D eigenvalue weighted by molar-refractivity contribution is 7.15. The molecule has 1 saturated carbocycles. The lowest BCUT2D eigenvalue weighted by Crippen LogP contribution is -2.66. The third kappa shape index (κ3) is 4.31. The van der Waals surface area contributed by atoms with Gasteiger partial charge < -0.3 is 21.1 Å². The van der Waals surface area contributed by atoms with E-state index in [1.165, 1.54) is 17.4 Å². The standard InChI is InChI=1S/C22H24FN7O2S/c23-15-3-1-8-25-18(15)21(6-2-7-21)11-28-17-5-4-16(29-30-17)19-26-9-14(33-19)10-27-20(31)22(24)12-32-13-22/h1,3-5,8-9H,2,6-7,10-13,24H2,(H,27,31)(H,28,30). The summed E-state index contributed by atoms with van der Waals surface area (Å²) in [5, 5.41) is 15.4. The number of halogens is 1. The van der Waals surface area contributed by atoms with Crippen LogP contribution in [0.4, 0.5) is 10.2 Å². The van der Waals surface area contributed by atoms with Gasteiger partial charge in [-0.05, 0) is 37.1 Å². The maximum atomic E-state index is 14.3. The highest BCUT2D eigenvalue weighted by Crippen LogP contribution is 2.43. The Morgan fingerprint density at radius 2 is 2.06 bits per heavy atom. The van der Waals surface area contributed by atoms with Gasteiger partial charge in [0.1, 0.15) is 27.9 Å². The maximum absolute atomic E-state index is 14.3. The molecule has 0 bridgehead atoms. The number of pyridine rings is 1. The Balaban J connectivity index is 1.19. The molecule has 0 radical (unpaired) electrons. The number of nitrogens with zero attached hydrogens (tertiary/aromatic N) is 4. The quantitative estimate of drug-likeness (QED) is 0.457. The number of hydrogen-bond acceptors (Lipinski definition) is 9. The van der Waals surface area contributed by atoms with Crippen LogP contribution in [0.5, 0.6) is 0 Å². The Labute approximate surface area is 194 Å². The van der Waals surface area contributed by atoms with E-state index in [0.29, 0.717) is 35.3 Å². The number of carbonyl (C=O) groups is 1. The van der Waals surface area contributed by atoms with Crippen LogP contribution in [-0.4, -0.2) is 51.4 Å². The fourth-order valence-electron chi connectivity index (χ4n) is 3.98. The van der Waals surface area contributed by atoms with Gasteiger partial charge in [0.05, 0.1) is 25.5 Å². The summed E-state index contributed by atoms with van der Waals surface area (Å²) >= 11 is 1.43. The molecule has 33 heavy (non-hydrogen) atoms. The van der Waals surface area contributed by atoms with Crippen molar-refractivity contribution in [2.75, 3.05) is 25.1 Å². The van der Waals surface area contributed by atoms with E-state index in [0.717, 1.165) is 24.1 Å². The van der Waals surface area contributed by atoms with Crippen LogP contribution < -0.4 is 16.4 Å². The van der Waals surface area contributed by atoms with Crippen LogP contribution in [0, 0.1) is 5.82 Å². The number of aromatic nitrogens is 4. The third-order valence-corrected chi connectivity index (χ3v) is 7.23. The molecule has 2 fully saturated rings. The molecule has 1 amide bonds. The number of carbonyl (C=O) groups excluding carboxylic acids is 1. The Morgan fingerprint density at radius 1 is 1.21 bits per heavy atom. The molecule has 0 spiro atoms. The van der Waals surface area contributed by atoms with Gasteiger partial charge in [0.15, 0.2) is 0 Å². The monoisotopic (exact) mass is 469 g/mol. The van der Waals surface area contributed by atoms with E-state index in [-0.39, 0.29) is 30.4 Å². The number of nitrogens with two attached hydrogens (primary N) is 1. The fraction of sp³-hybridized carbons (Fsp3) is 0.409. The lowest BCUT2D eigenvalue weighted by Gasteiger charge is -2.41. The highest BCUT2D eigenvalue weighted by Gasteiger charge is 2.42. The van der Waals surface area contributed by atoms with Gasteiger partial charge in [-0.15, -0.1) is 21.5 Å². The molecular weight excluding hydrogens is 445 g/mol. The normalized spacial score (nSPS) is 18.1. The van der Waals surface area contributed by atoms with Crippen molar-refractivity contribution in [1.82, 2.24) is 25.5 Å². The molecule has 1 saturated heterocycles. The number of thiazole rings is 1. The minimum absolute atomic E-state index is 0.228. The van der Waals surface area contributed by atoms with E-state index in [4.69, 9.17) is 10.5 Å². The number of rotatable bonds is 8. The highest BCUT2D eigenvalue weighted by atomic mass is 32.1.